The van der Waals surface area contributed by atoms with E-state index in [0.29, 0.717) is 5.88 Å². The standard InChI is InChI=1S/C14H17NO2/c16-14(15-9-5-2-6-10-15)13-12(17-13)11-7-3-1-4-8-11/h1,3-4,7-8,12,16H,2,5-6,9-10H2/b14-13+/t12-/m0/s1. The summed E-state index contributed by atoms with van der Waals surface area (Å²) in [4.78, 5) is 2.03. The lowest BCUT2D eigenvalue weighted by Crippen LogP contribution is -2.29. The monoisotopic (exact) mass is 231 g/mol. The van der Waals surface area contributed by atoms with Gasteiger partial charge in [0.25, 0.3) is 0 Å². The maximum atomic E-state index is 10.1. The van der Waals surface area contributed by atoms with Crippen LogP contribution in [0.2, 0.25) is 0 Å². The van der Waals surface area contributed by atoms with Gasteiger partial charge in [-0.3, -0.25) is 0 Å². The fraction of sp³-hybridized carbons (Fsp3) is 0.429. The van der Waals surface area contributed by atoms with Crippen LogP contribution in [0.5, 0.6) is 0 Å². The van der Waals surface area contributed by atoms with Crippen LogP contribution in [0, 0.1) is 0 Å². The normalized spacial score (nSPS) is 26.4. The molecule has 0 aromatic heterocycles. The molecule has 2 fully saturated rings. The second-order valence-electron chi connectivity index (χ2n) is 4.64. The van der Waals surface area contributed by atoms with Gasteiger partial charge in [-0.25, -0.2) is 0 Å². The highest BCUT2D eigenvalue weighted by Gasteiger charge is 2.40. The topological polar surface area (TPSA) is 36.0 Å². The van der Waals surface area contributed by atoms with Gasteiger partial charge in [0.2, 0.25) is 11.6 Å². The number of hydrogen-bond acceptors (Lipinski definition) is 3. The van der Waals surface area contributed by atoms with Gasteiger partial charge in [-0.1, -0.05) is 30.3 Å². The summed E-state index contributed by atoms with van der Waals surface area (Å²) in [5.41, 5.74) is 1.12. The molecule has 3 heteroatoms. The van der Waals surface area contributed by atoms with Crippen molar-refractivity contribution in [2.45, 2.75) is 25.4 Å². The van der Waals surface area contributed by atoms with Gasteiger partial charge in [-0.2, -0.15) is 0 Å². The summed E-state index contributed by atoms with van der Waals surface area (Å²) in [6.45, 7) is 1.89. The summed E-state index contributed by atoms with van der Waals surface area (Å²) in [6, 6.07) is 10.0. The van der Waals surface area contributed by atoms with Crippen molar-refractivity contribution < 1.29 is 9.84 Å². The number of rotatable bonds is 2. The van der Waals surface area contributed by atoms with Crippen LogP contribution in [0.4, 0.5) is 0 Å². The Morgan fingerprint density at radius 1 is 1.12 bits per heavy atom. The molecule has 2 heterocycles. The fourth-order valence-electron chi connectivity index (χ4n) is 2.37. The number of aliphatic hydroxyl groups is 1. The Labute approximate surface area is 101 Å². The molecule has 2 aliphatic heterocycles. The van der Waals surface area contributed by atoms with E-state index in [1.54, 1.807) is 0 Å². The van der Waals surface area contributed by atoms with E-state index >= 15 is 0 Å². The van der Waals surface area contributed by atoms with Crippen molar-refractivity contribution in [1.29, 1.82) is 0 Å². The maximum Gasteiger partial charge on any atom is 0.230 e. The van der Waals surface area contributed by atoms with E-state index in [1.165, 1.54) is 6.42 Å². The van der Waals surface area contributed by atoms with E-state index in [-0.39, 0.29) is 6.10 Å². The molecule has 1 aromatic carbocycles. The summed E-state index contributed by atoms with van der Waals surface area (Å²) < 4.78 is 5.51. The van der Waals surface area contributed by atoms with Gasteiger partial charge in [-0.05, 0) is 19.3 Å². The quantitative estimate of drug-likeness (QED) is 0.628. The van der Waals surface area contributed by atoms with Crippen LogP contribution in [-0.4, -0.2) is 23.1 Å². The van der Waals surface area contributed by atoms with Crippen molar-refractivity contribution in [3.05, 3.63) is 47.5 Å². The first kappa shape index (κ1) is 10.5. The maximum absolute atomic E-state index is 10.1. The molecule has 1 atom stereocenters. The molecule has 0 bridgehead atoms. The van der Waals surface area contributed by atoms with Crippen LogP contribution in [0.25, 0.3) is 0 Å². The molecule has 17 heavy (non-hydrogen) atoms. The summed E-state index contributed by atoms with van der Waals surface area (Å²) >= 11 is 0. The first-order valence-electron chi connectivity index (χ1n) is 6.26. The van der Waals surface area contributed by atoms with Crippen molar-refractivity contribution in [1.82, 2.24) is 4.90 Å². The summed E-state index contributed by atoms with van der Waals surface area (Å²) in [5, 5.41) is 10.1. The average molecular weight is 231 g/mol. The summed E-state index contributed by atoms with van der Waals surface area (Å²) in [5.74, 6) is 1.08. The molecule has 1 aromatic rings. The van der Waals surface area contributed by atoms with Crippen LogP contribution in [0.1, 0.15) is 30.9 Å². The Morgan fingerprint density at radius 2 is 1.82 bits per heavy atom. The molecule has 0 radical (unpaired) electrons. The molecular weight excluding hydrogens is 214 g/mol. The molecule has 2 saturated heterocycles. The highest BCUT2D eigenvalue weighted by molar-refractivity contribution is 5.32. The fourth-order valence-corrected chi connectivity index (χ4v) is 2.37. The largest absolute Gasteiger partial charge is 0.492 e. The van der Waals surface area contributed by atoms with Crippen LogP contribution >= 0.6 is 0 Å². The predicted molar refractivity (Wildman–Crippen MR) is 65.3 cm³/mol. The van der Waals surface area contributed by atoms with Crippen molar-refractivity contribution in [3.8, 4) is 0 Å². The minimum absolute atomic E-state index is 0.0295. The lowest BCUT2D eigenvalue weighted by molar-refractivity contribution is 0.168. The minimum Gasteiger partial charge on any atom is -0.492 e. The Morgan fingerprint density at radius 3 is 2.53 bits per heavy atom. The molecule has 0 unspecified atom stereocenters. The number of likely N-dealkylation sites (tertiary alicyclic amines) is 1. The Kier molecular flexibility index (Phi) is 2.67. The van der Waals surface area contributed by atoms with E-state index in [0.717, 1.165) is 37.3 Å². The van der Waals surface area contributed by atoms with Gasteiger partial charge in [0.15, 0.2) is 6.10 Å². The van der Waals surface area contributed by atoms with Gasteiger partial charge in [0.1, 0.15) is 0 Å². The lowest BCUT2D eigenvalue weighted by atomic mass is 10.1. The van der Waals surface area contributed by atoms with Crippen molar-refractivity contribution >= 4 is 0 Å². The number of hydrogen-bond donors (Lipinski definition) is 1. The number of nitrogens with zero attached hydrogens (tertiary/aromatic N) is 1. The first-order chi connectivity index (χ1) is 8.36. The molecule has 0 saturated carbocycles. The zero-order chi connectivity index (χ0) is 11.7. The van der Waals surface area contributed by atoms with E-state index < -0.39 is 0 Å². The number of benzene rings is 1. The highest BCUT2D eigenvalue weighted by atomic mass is 16.6. The molecule has 3 nitrogen and oxygen atoms in total. The van der Waals surface area contributed by atoms with Gasteiger partial charge < -0.3 is 14.7 Å². The Bertz CT molecular complexity index is 421. The number of aliphatic hydroxyl groups excluding tert-OH is 1. The Balaban J connectivity index is 1.74. The zero-order valence-corrected chi connectivity index (χ0v) is 9.80. The lowest BCUT2D eigenvalue weighted by Gasteiger charge is -2.26. The first-order valence-corrected chi connectivity index (χ1v) is 6.26. The van der Waals surface area contributed by atoms with Crippen molar-refractivity contribution in [2.75, 3.05) is 13.1 Å². The highest BCUT2D eigenvalue weighted by Crippen LogP contribution is 2.45. The second kappa shape index (κ2) is 4.32. The third-order valence-electron chi connectivity index (χ3n) is 3.40. The smallest absolute Gasteiger partial charge is 0.230 e. The van der Waals surface area contributed by atoms with Crippen molar-refractivity contribution in [2.24, 2.45) is 0 Å². The van der Waals surface area contributed by atoms with E-state index in [4.69, 9.17) is 4.74 Å². The van der Waals surface area contributed by atoms with E-state index in [9.17, 15) is 5.11 Å². The molecular formula is C14H17NO2. The summed E-state index contributed by atoms with van der Waals surface area (Å²) in [7, 11) is 0. The predicted octanol–water partition coefficient (Wildman–Crippen LogP) is 2.97. The van der Waals surface area contributed by atoms with Gasteiger partial charge >= 0.3 is 0 Å². The number of epoxide rings is 1. The molecule has 90 valence electrons. The van der Waals surface area contributed by atoms with Crippen LogP contribution in [0.15, 0.2) is 42.0 Å². The SMILES string of the molecule is O/C(=C1/O[C@H]1c1ccccc1)N1CCCCC1. The average Bonchev–Trinajstić information content (AvgIpc) is 3.20. The molecule has 3 rings (SSSR count). The zero-order valence-electron chi connectivity index (χ0n) is 9.80. The number of ether oxygens (including phenoxy) is 1. The molecule has 1 N–H and O–H groups in total. The van der Waals surface area contributed by atoms with Crippen molar-refractivity contribution in [3.63, 3.8) is 0 Å². The third-order valence-corrected chi connectivity index (χ3v) is 3.40. The van der Waals surface area contributed by atoms with E-state index in [1.807, 2.05) is 35.2 Å². The molecule has 0 aliphatic carbocycles. The molecule has 0 amide bonds. The molecule has 2 aliphatic rings. The molecule has 0 spiro atoms. The van der Waals surface area contributed by atoms with E-state index in [2.05, 4.69) is 0 Å². The van der Waals surface area contributed by atoms with Gasteiger partial charge in [-0.15, -0.1) is 0 Å². The second-order valence-corrected chi connectivity index (χ2v) is 4.64. The van der Waals surface area contributed by atoms with Gasteiger partial charge in [0.05, 0.1) is 0 Å². The van der Waals surface area contributed by atoms with Crippen LogP contribution in [-0.2, 0) is 4.74 Å². The van der Waals surface area contributed by atoms with Gasteiger partial charge in [0, 0.05) is 18.7 Å². The Hall–Kier alpha value is -1.64. The third kappa shape index (κ3) is 2.09. The summed E-state index contributed by atoms with van der Waals surface area (Å²) in [6.07, 6.45) is 3.56. The number of piperidine rings is 1. The minimum atomic E-state index is -0.0295. The van der Waals surface area contributed by atoms with Crippen LogP contribution < -0.4 is 0 Å². The van der Waals surface area contributed by atoms with Crippen LogP contribution in [0.3, 0.4) is 0 Å².